The van der Waals surface area contributed by atoms with Crippen LogP contribution in [0.15, 0.2) is 29.3 Å². The largest absolute Gasteiger partial charge is 0.395 e. The average Bonchev–Trinajstić information content (AvgIpc) is 2.47. The molecule has 0 heterocycles. The van der Waals surface area contributed by atoms with Crippen LogP contribution in [0, 0.1) is 11.5 Å². The number of benzene rings is 1. The fourth-order valence-electron chi connectivity index (χ4n) is 1.80. The Bertz CT molecular complexity index is 511. The van der Waals surface area contributed by atoms with E-state index < -0.39 is 6.10 Å². The third-order valence-electron chi connectivity index (χ3n) is 3.04. The minimum Gasteiger partial charge on any atom is -0.395 e. The summed E-state index contributed by atoms with van der Waals surface area (Å²) in [7, 11) is 3.61. The van der Waals surface area contributed by atoms with Crippen molar-refractivity contribution in [3.05, 3.63) is 29.8 Å². The van der Waals surface area contributed by atoms with E-state index in [9.17, 15) is 10.2 Å². The second-order valence-corrected chi connectivity index (χ2v) is 5.40. The second-order valence-electron chi connectivity index (χ2n) is 4.61. The molecule has 0 aliphatic carbocycles. The molecule has 2 unspecified atom stereocenters. The third-order valence-corrected chi connectivity index (χ3v) is 3.62. The van der Waals surface area contributed by atoms with Gasteiger partial charge in [0.25, 0.3) is 0 Å². The minimum atomic E-state index is -0.778. The lowest BCUT2D eigenvalue weighted by Crippen LogP contribution is -2.37. The van der Waals surface area contributed by atoms with Crippen LogP contribution in [0.1, 0.15) is 11.7 Å². The summed E-state index contributed by atoms with van der Waals surface area (Å²) in [6.07, 6.45) is 2.87. The molecule has 0 bridgehead atoms. The van der Waals surface area contributed by atoms with Gasteiger partial charge in [-0.15, -0.1) is 0 Å². The first-order chi connectivity index (χ1) is 10.0. The molecule has 2 atom stereocenters. The number of aliphatic hydroxyl groups is 2. The maximum absolute atomic E-state index is 10.3. The summed E-state index contributed by atoms with van der Waals surface area (Å²) in [5, 5.41) is 31.2. The van der Waals surface area contributed by atoms with Crippen molar-refractivity contribution in [1.82, 2.24) is 10.2 Å². The van der Waals surface area contributed by atoms with Crippen molar-refractivity contribution < 1.29 is 10.2 Å². The number of nitrogens with zero attached hydrogens (tertiary/aromatic N) is 3. The number of amidine groups is 1. The highest BCUT2D eigenvalue weighted by molar-refractivity contribution is 8.13. The van der Waals surface area contributed by atoms with Gasteiger partial charge in [-0.3, -0.25) is 5.32 Å². The lowest BCUT2D eigenvalue weighted by Gasteiger charge is -2.27. The van der Waals surface area contributed by atoms with Gasteiger partial charge in [0.1, 0.15) is 0 Å². The highest BCUT2D eigenvalue weighted by Gasteiger charge is 2.21. The zero-order chi connectivity index (χ0) is 15.8. The van der Waals surface area contributed by atoms with Crippen LogP contribution in [0.25, 0.3) is 0 Å². The van der Waals surface area contributed by atoms with Crippen molar-refractivity contribution in [2.45, 2.75) is 12.1 Å². The lowest BCUT2D eigenvalue weighted by molar-refractivity contribution is 0.0390. The molecule has 0 aliphatic heterocycles. The molecule has 7 heteroatoms. The number of aliphatic imine (C=N–C) groups is 1. The Kier molecular flexibility index (Phi) is 7.19. The van der Waals surface area contributed by atoms with Gasteiger partial charge >= 0.3 is 0 Å². The molecule has 1 aromatic carbocycles. The number of likely N-dealkylation sites (N-methyl/N-ethyl adjacent to an activating group) is 1. The first kappa shape index (κ1) is 17.5. The highest BCUT2D eigenvalue weighted by Crippen LogP contribution is 2.23. The maximum Gasteiger partial charge on any atom is 0.183 e. The van der Waals surface area contributed by atoms with Gasteiger partial charge < -0.3 is 15.1 Å². The van der Waals surface area contributed by atoms with Crippen molar-refractivity contribution in [2.75, 3.05) is 27.0 Å². The van der Waals surface area contributed by atoms with E-state index >= 15 is 0 Å². The third kappa shape index (κ3) is 5.02. The van der Waals surface area contributed by atoms with Crippen LogP contribution >= 0.6 is 11.8 Å². The first-order valence-corrected chi connectivity index (χ1v) is 7.59. The van der Waals surface area contributed by atoms with E-state index in [1.54, 1.807) is 43.3 Å². The van der Waals surface area contributed by atoms with Gasteiger partial charge in [0, 0.05) is 0 Å². The molecular weight excluding hydrogens is 288 g/mol. The van der Waals surface area contributed by atoms with Crippen LogP contribution in [0.3, 0.4) is 0 Å². The first-order valence-electron chi connectivity index (χ1n) is 6.36. The van der Waals surface area contributed by atoms with E-state index in [0.717, 1.165) is 0 Å². The number of nitriles is 1. The topological polar surface area (TPSA) is 91.9 Å². The summed E-state index contributed by atoms with van der Waals surface area (Å²) in [5.74, 6) is 0. The molecule has 6 nitrogen and oxygen atoms in total. The molecule has 0 saturated carbocycles. The molecule has 0 aromatic heterocycles. The van der Waals surface area contributed by atoms with Crippen LogP contribution in [0.5, 0.6) is 0 Å². The van der Waals surface area contributed by atoms with Crippen molar-refractivity contribution >= 4 is 22.6 Å². The van der Waals surface area contributed by atoms with Crippen LogP contribution < -0.4 is 5.32 Å². The number of nitrogens with one attached hydrogen (secondary N) is 1. The summed E-state index contributed by atoms with van der Waals surface area (Å²) < 4.78 is 0. The molecular formula is C14H20N4O2S. The number of rotatable bonds is 5. The van der Waals surface area contributed by atoms with E-state index in [-0.39, 0.29) is 12.6 Å². The van der Waals surface area contributed by atoms with E-state index in [2.05, 4.69) is 10.3 Å². The van der Waals surface area contributed by atoms with E-state index in [1.165, 1.54) is 11.8 Å². The van der Waals surface area contributed by atoms with Crippen molar-refractivity contribution in [3.63, 3.8) is 0 Å². The standard InChI is InChI=1S/C14H20N4O2S/c1-18(2)12(8-19)13(20)10-4-6-11(7-5-10)17-14(21-3)16-9-15/h4-7,12-13,19-20H,8H2,1-3H3,(H,16,17). The molecule has 0 spiro atoms. The Balaban J connectivity index is 2.90. The van der Waals surface area contributed by atoms with E-state index in [0.29, 0.717) is 16.4 Å². The summed E-state index contributed by atoms with van der Waals surface area (Å²) in [6.45, 7) is -0.128. The van der Waals surface area contributed by atoms with Gasteiger partial charge in [0.05, 0.1) is 24.4 Å². The monoisotopic (exact) mass is 308 g/mol. The Labute approximate surface area is 129 Å². The molecule has 114 valence electrons. The SMILES string of the molecule is CSC(=Nc1ccc(C(O)C(CO)N(C)C)cc1)NC#N. The molecule has 0 saturated heterocycles. The summed E-state index contributed by atoms with van der Waals surface area (Å²) in [4.78, 5) is 6.05. The molecule has 0 fully saturated rings. The zero-order valence-electron chi connectivity index (χ0n) is 12.3. The Morgan fingerprint density at radius 1 is 1.43 bits per heavy atom. The fraction of sp³-hybridized carbons (Fsp3) is 0.429. The molecule has 0 radical (unpaired) electrons. The van der Waals surface area contributed by atoms with E-state index in [4.69, 9.17) is 5.26 Å². The highest BCUT2D eigenvalue weighted by atomic mass is 32.2. The molecule has 21 heavy (non-hydrogen) atoms. The summed E-state index contributed by atoms with van der Waals surface area (Å²) >= 11 is 1.34. The zero-order valence-corrected chi connectivity index (χ0v) is 13.1. The smallest absolute Gasteiger partial charge is 0.183 e. The van der Waals surface area contributed by atoms with Gasteiger partial charge in [-0.1, -0.05) is 23.9 Å². The molecule has 0 aliphatic rings. The van der Waals surface area contributed by atoms with Gasteiger partial charge in [-0.2, -0.15) is 5.26 Å². The van der Waals surface area contributed by atoms with E-state index in [1.807, 2.05) is 12.4 Å². The summed E-state index contributed by atoms with van der Waals surface area (Å²) in [6, 6.07) is 6.69. The van der Waals surface area contributed by atoms with Gasteiger partial charge in [0.15, 0.2) is 11.4 Å². The summed E-state index contributed by atoms with van der Waals surface area (Å²) in [5.41, 5.74) is 1.39. The quantitative estimate of drug-likeness (QED) is 0.326. The van der Waals surface area contributed by atoms with Crippen LogP contribution in [0.2, 0.25) is 0 Å². The molecule has 1 aromatic rings. The predicted molar refractivity (Wildman–Crippen MR) is 85.3 cm³/mol. The lowest BCUT2D eigenvalue weighted by atomic mass is 10.0. The average molecular weight is 308 g/mol. The van der Waals surface area contributed by atoms with Gasteiger partial charge in [0.2, 0.25) is 0 Å². The van der Waals surface area contributed by atoms with Gasteiger partial charge in [-0.05, 0) is 38.0 Å². The molecule has 1 rings (SSSR count). The van der Waals surface area contributed by atoms with Crippen LogP contribution in [-0.4, -0.2) is 53.3 Å². The number of hydrogen-bond donors (Lipinski definition) is 3. The van der Waals surface area contributed by atoms with Crippen molar-refractivity contribution in [3.8, 4) is 6.19 Å². The fourth-order valence-corrected chi connectivity index (χ4v) is 2.15. The molecule has 0 amide bonds. The van der Waals surface area contributed by atoms with Crippen LogP contribution in [-0.2, 0) is 0 Å². The minimum absolute atomic E-state index is 0.128. The molecule has 3 N–H and O–H groups in total. The normalized spacial score (nSPS) is 14.6. The van der Waals surface area contributed by atoms with Gasteiger partial charge in [-0.25, -0.2) is 4.99 Å². The maximum atomic E-state index is 10.3. The van der Waals surface area contributed by atoms with Crippen molar-refractivity contribution in [1.29, 1.82) is 5.26 Å². The Morgan fingerprint density at radius 3 is 2.48 bits per heavy atom. The Morgan fingerprint density at radius 2 is 2.05 bits per heavy atom. The van der Waals surface area contributed by atoms with Crippen LogP contribution in [0.4, 0.5) is 5.69 Å². The van der Waals surface area contributed by atoms with Crippen molar-refractivity contribution in [2.24, 2.45) is 4.99 Å². The number of thioether (sulfide) groups is 1. The predicted octanol–water partition coefficient (Wildman–Crippen LogP) is 1.06. The second kappa shape index (κ2) is 8.64. The number of hydrogen-bond acceptors (Lipinski definition) is 6. The Hall–Kier alpha value is -1.59. The number of aliphatic hydroxyl groups excluding tert-OH is 2.